The van der Waals surface area contributed by atoms with Crippen molar-refractivity contribution in [1.29, 1.82) is 0 Å². The fraction of sp³-hybridized carbons (Fsp3) is 0.417. The number of aromatic nitrogens is 2. The van der Waals surface area contributed by atoms with Crippen molar-refractivity contribution >= 4 is 17.3 Å². The minimum absolute atomic E-state index is 0.726. The van der Waals surface area contributed by atoms with Gasteiger partial charge in [0.2, 0.25) is 0 Å². The number of benzene rings is 1. The number of imidazole rings is 1. The minimum atomic E-state index is 0.726. The van der Waals surface area contributed by atoms with Gasteiger partial charge in [-0.05, 0) is 49.7 Å². The van der Waals surface area contributed by atoms with Gasteiger partial charge in [-0.3, -0.25) is 4.99 Å². The van der Waals surface area contributed by atoms with Crippen LogP contribution in [0.1, 0.15) is 18.2 Å². The Labute approximate surface area is 184 Å². The molecule has 0 radical (unpaired) electrons. The third kappa shape index (κ3) is 4.93. The maximum atomic E-state index is 5.27. The van der Waals surface area contributed by atoms with Gasteiger partial charge < -0.3 is 24.3 Å². The zero-order valence-corrected chi connectivity index (χ0v) is 18.7. The molecule has 1 saturated heterocycles. The lowest BCUT2D eigenvalue weighted by Crippen LogP contribution is -2.52. The number of anilines is 1. The number of hydrogen-bond acceptors (Lipinski definition) is 4. The molecule has 0 amide bonds. The average Bonchev–Trinajstić information content (AvgIpc) is 3.23. The number of nitrogens with zero attached hydrogens (tertiary/aromatic N) is 5. The van der Waals surface area contributed by atoms with E-state index < -0.39 is 0 Å². The van der Waals surface area contributed by atoms with E-state index in [9.17, 15) is 0 Å². The highest BCUT2D eigenvalue weighted by Crippen LogP contribution is 2.20. The monoisotopic (exact) mass is 420 g/mol. The Kier molecular flexibility index (Phi) is 6.60. The molecule has 0 unspecified atom stereocenters. The summed E-state index contributed by atoms with van der Waals surface area (Å²) >= 11 is 0. The van der Waals surface area contributed by atoms with E-state index in [-0.39, 0.29) is 0 Å². The second kappa shape index (κ2) is 9.73. The average molecular weight is 421 g/mol. The van der Waals surface area contributed by atoms with Crippen LogP contribution >= 0.6 is 0 Å². The van der Waals surface area contributed by atoms with Crippen LogP contribution < -0.4 is 15.0 Å². The molecule has 1 aromatic carbocycles. The predicted octanol–water partition coefficient (Wildman–Crippen LogP) is 2.98. The summed E-state index contributed by atoms with van der Waals surface area (Å²) in [4.78, 5) is 14.4. The van der Waals surface area contributed by atoms with Crippen molar-refractivity contribution in [2.75, 3.05) is 51.3 Å². The van der Waals surface area contributed by atoms with Gasteiger partial charge in [0.15, 0.2) is 5.96 Å². The SMILES string of the molecule is CCNC(=NCCc1cn2cccc(C)c2n1)N1CCN(c2ccc(OC)cc2)CC1. The number of aliphatic imine (C=N–C) groups is 1. The van der Waals surface area contributed by atoms with Crippen LogP contribution in [0.4, 0.5) is 5.69 Å². The lowest BCUT2D eigenvalue weighted by molar-refractivity contribution is 0.372. The van der Waals surface area contributed by atoms with Crippen molar-refractivity contribution in [2.24, 2.45) is 4.99 Å². The molecule has 0 atom stereocenters. The van der Waals surface area contributed by atoms with Crippen molar-refractivity contribution in [3.63, 3.8) is 0 Å². The van der Waals surface area contributed by atoms with E-state index in [1.54, 1.807) is 7.11 Å². The fourth-order valence-corrected chi connectivity index (χ4v) is 4.00. The van der Waals surface area contributed by atoms with E-state index in [1.807, 2.05) is 12.1 Å². The molecular weight excluding hydrogens is 388 g/mol. The van der Waals surface area contributed by atoms with E-state index in [4.69, 9.17) is 14.7 Å². The maximum absolute atomic E-state index is 5.27. The molecule has 7 heteroatoms. The topological polar surface area (TPSA) is 57.4 Å². The van der Waals surface area contributed by atoms with Crippen LogP contribution in [0.15, 0.2) is 53.8 Å². The molecule has 0 spiro atoms. The van der Waals surface area contributed by atoms with Crippen molar-refractivity contribution in [1.82, 2.24) is 19.6 Å². The maximum Gasteiger partial charge on any atom is 0.194 e. The van der Waals surface area contributed by atoms with E-state index in [1.165, 1.54) is 11.3 Å². The van der Waals surface area contributed by atoms with Gasteiger partial charge in [0.05, 0.1) is 12.8 Å². The Hall–Kier alpha value is -3.22. The molecule has 4 rings (SSSR count). The molecule has 0 aliphatic carbocycles. The lowest BCUT2D eigenvalue weighted by atomic mass is 10.2. The molecular formula is C24H32N6O. The summed E-state index contributed by atoms with van der Waals surface area (Å²) in [5.41, 5.74) is 4.55. The highest BCUT2D eigenvalue weighted by molar-refractivity contribution is 5.80. The number of methoxy groups -OCH3 is 1. The van der Waals surface area contributed by atoms with Gasteiger partial charge in [-0.2, -0.15) is 0 Å². The molecule has 7 nitrogen and oxygen atoms in total. The largest absolute Gasteiger partial charge is 0.497 e. The second-order valence-corrected chi connectivity index (χ2v) is 7.81. The molecule has 3 heterocycles. The number of ether oxygens (including phenoxy) is 1. The minimum Gasteiger partial charge on any atom is -0.497 e. The molecule has 1 fully saturated rings. The van der Waals surface area contributed by atoms with Crippen molar-refractivity contribution < 1.29 is 4.74 Å². The summed E-state index contributed by atoms with van der Waals surface area (Å²) in [6.07, 6.45) is 4.99. The summed E-state index contributed by atoms with van der Waals surface area (Å²) < 4.78 is 7.36. The third-order valence-electron chi connectivity index (χ3n) is 5.71. The van der Waals surface area contributed by atoms with Gasteiger partial charge in [-0.1, -0.05) is 6.07 Å². The van der Waals surface area contributed by atoms with Crippen LogP contribution in [0.25, 0.3) is 5.65 Å². The zero-order valence-electron chi connectivity index (χ0n) is 18.7. The first kappa shape index (κ1) is 21.0. The van der Waals surface area contributed by atoms with Gasteiger partial charge in [0.1, 0.15) is 11.4 Å². The van der Waals surface area contributed by atoms with Gasteiger partial charge >= 0.3 is 0 Å². The van der Waals surface area contributed by atoms with Crippen LogP contribution in [0.2, 0.25) is 0 Å². The third-order valence-corrected chi connectivity index (χ3v) is 5.71. The number of aryl methyl sites for hydroxylation is 1. The molecule has 1 aliphatic rings. The molecule has 2 aromatic heterocycles. The molecule has 164 valence electrons. The highest BCUT2D eigenvalue weighted by atomic mass is 16.5. The van der Waals surface area contributed by atoms with Gasteiger partial charge in [-0.25, -0.2) is 4.98 Å². The number of piperazine rings is 1. The van der Waals surface area contributed by atoms with E-state index >= 15 is 0 Å². The van der Waals surface area contributed by atoms with Crippen LogP contribution in [0.5, 0.6) is 5.75 Å². The predicted molar refractivity (Wildman–Crippen MR) is 126 cm³/mol. The lowest BCUT2D eigenvalue weighted by Gasteiger charge is -2.37. The van der Waals surface area contributed by atoms with Crippen molar-refractivity contribution in [2.45, 2.75) is 20.3 Å². The molecule has 0 bridgehead atoms. The molecule has 1 N–H and O–H groups in total. The number of nitrogens with one attached hydrogen (secondary N) is 1. The van der Waals surface area contributed by atoms with Crippen LogP contribution in [0.3, 0.4) is 0 Å². The van der Waals surface area contributed by atoms with Gasteiger partial charge in [-0.15, -0.1) is 0 Å². The molecule has 31 heavy (non-hydrogen) atoms. The second-order valence-electron chi connectivity index (χ2n) is 7.81. The first-order valence-corrected chi connectivity index (χ1v) is 11.0. The molecule has 0 saturated carbocycles. The summed E-state index contributed by atoms with van der Waals surface area (Å²) in [6.45, 7) is 9.66. The summed E-state index contributed by atoms with van der Waals surface area (Å²) in [7, 11) is 1.70. The Morgan fingerprint density at radius 1 is 1.13 bits per heavy atom. The van der Waals surface area contributed by atoms with E-state index in [2.05, 4.69) is 70.0 Å². The fourth-order valence-electron chi connectivity index (χ4n) is 4.00. The van der Waals surface area contributed by atoms with Crippen LogP contribution in [-0.2, 0) is 6.42 Å². The zero-order chi connectivity index (χ0) is 21.6. The summed E-state index contributed by atoms with van der Waals surface area (Å²) in [6, 6.07) is 12.5. The summed E-state index contributed by atoms with van der Waals surface area (Å²) in [5, 5.41) is 3.46. The number of fused-ring (bicyclic) bond motifs is 1. The van der Waals surface area contributed by atoms with E-state index in [0.717, 1.165) is 68.7 Å². The van der Waals surface area contributed by atoms with Crippen molar-refractivity contribution in [3.8, 4) is 5.75 Å². The quantitative estimate of drug-likeness (QED) is 0.491. The molecule has 1 aliphatic heterocycles. The smallest absolute Gasteiger partial charge is 0.194 e. The van der Waals surface area contributed by atoms with Crippen LogP contribution in [0, 0.1) is 6.92 Å². The first-order valence-electron chi connectivity index (χ1n) is 11.0. The van der Waals surface area contributed by atoms with Gasteiger partial charge in [0.25, 0.3) is 0 Å². The van der Waals surface area contributed by atoms with E-state index in [0.29, 0.717) is 0 Å². The Bertz CT molecular complexity index is 1020. The Morgan fingerprint density at radius 3 is 2.58 bits per heavy atom. The van der Waals surface area contributed by atoms with Gasteiger partial charge in [0, 0.05) is 63.8 Å². The standard InChI is InChI=1S/C24H32N6O/c1-4-25-24(26-12-11-20-18-30-13-5-6-19(2)23(30)27-20)29-16-14-28(15-17-29)21-7-9-22(31-3)10-8-21/h5-10,13,18H,4,11-12,14-17H2,1-3H3,(H,25,26). The normalized spacial score (nSPS) is 14.9. The Balaban J connectivity index is 1.35. The highest BCUT2D eigenvalue weighted by Gasteiger charge is 2.20. The summed E-state index contributed by atoms with van der Waals surface area (Å²) in [5.74, 6) is 1.89. The number of rotatable bonds is 6. The molecule has 3 aromatic rings. The number of pyridine rings is 1. The first-order chi connectivity index (χ1) is 15.2. The number of guanidine groups is 1. The van der Waals surface area contributed by atoms with Crippen molar-refractivity contribution in [3.05, 3.63) is 60.0 Å². The number of hydrogen-bond donors (Lipinski definition) is 1. The van der Waals surface area contributed by atoms with Crippen LogP contribution in [-0.4, -0.2) is 66.6 Å². The Morgan fingerprint density at radius 2 is 1.90 bits per heavy atom.